The van der Waals surface area contributed by atoms with E-state index in [4.69, 9.17) is 21.5 Å². The molecule has 0 radical (unpaired) electrons. The van der Waals surface area contributed by atoms with Crippen molar-refractivity contribution in [2.75, 3.05) is 7.11 Å². The zero-order valence-electron chi connectivity index (χ0n) is 14.7. The SMILES string of the molecule is COc1ccc(C2=NN(C(C)=O)C(c3ccc(Cl)cc3)C2)cc1S(N)(=O)=O. The monoisotopic (exact) mass is 407 g/mol. The first-order chi connectivity index (χ1) is 12.7. The van der Waals surface area contributed by atoms with Gasteiger partial charge >= 0.3 is 0 Å². The van der Waals surface area contributed by atoms with Crippen molar-refractivity contribution in [1.82, 2.24) is 5.01 Å². The molecule has 0 spiro atoms. The third kappa shape index (κ3) is 3.97. The Morgan fingerprint density at radius 3 is 2.48 bits per heavy atom. The molecule has 0 aliphatic carbocycles. The maximum Gasteiger partial charge on any atom is 0.241 e. The van der Waals surface area contributed by atoms with E-state index >= 15 is 0 Å². The fourth-order valence-corrected chi connectivity index (χ4v) is 3.85. The summed E-state index contributed by atoms with van der Waals surface area (Å²) in [5.74, 6) is -0.0670. The van der Waals surface area contributed by atoms with E-state index in [2.05, 4.69) is 5.10 Å². The normalized spacial score (nSPS) is 17.0. The molecule has 1 aliphatic heterocycles. The van der Waals surface area contributed by atoms with E-state index in [1.807, 2.05) is 12.1 Å². The summed E-state index contributed by atoms with van der Waals surface area (Å²) >= 11 is 5.94. The highest BCUT2D eigenvalue weighted by atomic mass is 35.5. The molecule has 1 amide bonds. The van der Waals surface area contributed by atoms with Gasteiger partial charge < -0.3 is 4.74 Å². The summed E-state index contributed by atoms with van der Waals surface area (Å²) in [6.07, 6.45) is 0.428. The molecule has 3 rings (SSSR count). The van der Waals surface area contributed by atoms with Crippen LogP contribution < -0.4 is 9.88 Å². The molecule has 2 aromatic carbocycles. The molecule has 0 fully saturated rings. The number of amides is 1. The van der Waals surface area contributed by atoms with Crippen LogP contribution in [-0.4, -0.2) is 32.2 Å². The average molecular weight is 408 g/mol. The maximum absolute atomic E-state index is 12.1. The highest BCUT2D eigenvalue weighted by Gasteiger charge is 2.32. The fourth-order valence-electron chi connectivity index (χ4n) is 3.00. The van der Waals surface area contributed by atoms with Gasteiger partial charge in [0, 0.05) is 18.4 Å². The van der Waals surface area contributed by atoms with Crippen LogP contribution in [-0.2, 0) is 14.8 Å². The molecule has 0 aromatic heterocycles. The Bertz CT molecular complexity index is 1020. The van der Waals surface area contributed by atoms with E-state index in [0.29, 0.717) is 22.7 Å². The summed E-state index contributed by atoms with van der Waals surface area (Å²) in [6, 6.07) is 11.5. The summed E-state index contributed by atoms with van der Waals surface area (Å²) < 4.78 is 28.8. The van der Waals surface area contributed by atoms with Crippen LogP contribution in [0.3, 0.4) is 0 Å². The molecule has 1 atom stereocenters. The smallest absolute Gasteiger partial charge is 0.241 e. The third-order valence-corrected chi connectivity index (χ3v) is 5.48. The lowest BCUT2D eigenvalue weighted by atomic mass is 9.98. The van der Waals surface area contributed by atoms with Crippen molar-refractivity contribution in [2.24, 2.45) is 10.2 Å². The Labute approximate surface area is 162 Å². The predicted molar refractivity (Wildman–Crippen MR) is 102 cm³/mol. The number of benzene rings is 2. The summed E-state index contributed by atoms with van der Waals surface area (Å²) in [7, 11) is -2.61. The second-order valence-corrected chi connectivity index (χ2v) is 8.06. The van der Waals surface area contributed by atoms with Crippen molar-refractivity contribution in [2.45, 2.75) is 24.3 Å². The van der Waals surface area contributed by atoms with E-state index < -0.39 is 10.0 Å². The lowest BCUT2D eigenvalue weighted by Gasteiger charge is -2.20. The van der Waals surface area contributed by atoms with Gasteiger partial charge in [-0.3, -0.25) is 4.79 Å². The average Bonchev–Trinajstić information content (AvgIpc) is 3.06. The van der Waals surface area contributed by atoms with Gasteiger partial charge in [-0.2, -0.15) is 5.10 Å². The lowest BCUT2D eigenvalue weighted by Crippen LogP contribution is -2.24. The summed E-state index contributed by atoms with van der Waals surface area (Å²) in [4.78, 5) is 11.9. The van der Waals surface area contributed by atoms with Gasteiger partial charge in [-0.25, -0.2) is 18.6 Å². The second kappa shape index (κ2) is 7.30. The number of nitrogens with zero attached hydrogens (tertiary/aromatic N) is 2. The van der Waals surface area contributed by atoms with Gasteiger partial charge in [-0.05, 0) is 41.5 Å². The third-order valence-electron chi connectivity index (χ3n) is 4.29. The number of primary sulfonamides is 1. The zero-order chi connectivity index (χ0) is 19.8. The van der Waals surface area contributed by atoms with Crippen LogP contribution in [0.25, 0.3) is 0 Å². The van der Waals surface area contributed by atoms with Crippen LogP contribution in [0.15, 0.2) is 52.5 Å². The van der Waals surface area contributed by atoms with Gasteiger partial charge in [0.15, 0.2) is 0 Å². The van der Waals surface area contributed by atoms with Crippen molar-refractivity contribution < 1.29 is 17.9 Å². The zero-order valence-corrected chi connectivity index (χ0v) is 16.3. The van der Waals surface area contributed by atoms with Crippen molar-refractivity contribution in [3.05, 3.63) is 58.6 Å². The number of halogens is 1. The fraction of sp³-hybridized carbons (Fsp3) is 0.222. The number of hydrogen-bond donors (Lipinski definition) is 1. The first-order valence-electron chi connectivity index (χ1n) is 8.04. The van der Waals surface area contributed by atoms with E-state index in [1.54, 1.807) is 18.2 Å². The van der Waals surface area contributed by atoms with E-state index in [0.717, 1.165) is 5.56 Å². The van der Waals surface area contributed by atoms with Gasteiger partial charge in [0.05, 0.1) is 18.9 Å². The Balaban J connectivity index is 2.01. The standard InChI is InChI=1S/C18H18ClN3O4S/c1-11(23)22-16(12-3-6-14(19)7-4-12)10-15(21-22)13-5-8-17(26-2)18(9-13)27(20,24)25/h3-9,16H,10H2,1-2H3,(H2,20,24,25). The number of carbonyl (C=O) groups is 1. The van der Waals surface area contributed by atoms with Crippen molar-refractivity contribution in [3.8, 4) is 5.75 Å². The van der Waals surface area contributed by atoms with Crippen molar-refractivity contribution in [3.63, 3.8) is 0 Å². The van der Waals surface area contributed by atoms with Gasteiger partial charge in [0.25, 0.3) is 0 Å². The van der Waals surface area contributed by atoms with Crippen LogP contribution in [0.5, 0.6) is 5.75 Å². The molecule has 0 bridgehead atoms. The van der Waals surface area contributed by atoms with Crippen LogP contribution in [0.4, 0.5) is 0 Å². The molecule has 7 nitrogen and oxygen atoms in total. The minimum Gasteiger partial charge on any atom is -0.495 e. The quantitative estimate of drug-likeness (QED) is 0.841. The predicted octanol–water partition coefficient (Wildman–Crippen LogP) is 2.69. The molecule has 0 saturated heterocycles. The first-order valence-corrected chi connectivity index (χ1v) is 9.97. The molecule has 1 heterocycles. The number of sulfonamides is 1. The number of rotatable bonds is 4. The molecule has 1 unspecified atom stereocenters. The van der Waals surface area contributed by atoms with Crippen LogP contribution >= 0.6 is 11.6 Å². The molecule has 9 heteroatoms. The number of nitrogens with two attached hydrogens (primary N) is 1. The number of methoxy groups -OCH3 is 1. The topological polar surface area (TPSA) is 102 Å². The molecule has 142 valence electrons. The molecule has 2 N–H and O–H groups in total. The minimum atomic E-state index is -3.97. The maximum atomic E-state index is 12.1. The Hall–Kier alpha value is -2.42. The van der Waals surface area contributed by atoms with Gasteiger partial charge in [-0.1, -0.05) is 23.7 Å². The summed E-state index contributed by atoms with van der Waals surface area (Å²) in [5, 5.41) is 11.7. The van der Waals surface area contributed by atoms with Crippen molar-refractivity contribution >= 4 is 33.2 Å². The Morgan fingerprint density at radius 1 is 1.26 bits per heavy atom. The Kier molecular flexibility index (Phi) is 5.23. The Morgan fingerprint density at radius 2 is 1.93 bits per heavy atom. The van der Waals surface area contributed by atoms with Gasteiger partial charge in [0.1, 0.15) is 10.6 Å². The molecule has 27 heavy (non-hydrogen) atoms. The molecular weight excluding hydrogens is 390 g/mol. The number of hydrazone groups is 1. The lowest BCUT2D eigenvalue weighted by molar-refractivity contribution is -0.130. The minimum absolute atomic E-state index is 0.130. The molecule has 2 aromatic rings. The first kappa shape index (κ1) is 19.3. The highest BCUT2D eigenvalue weighted by Crippen LogP contribution is 2.34. The van der Waals surface area contributed by atoms with Crippen LogP contribution in [0, 0.1) is 0 Å². The molecular formula is C18H18ClN3O4S. The summed E-state index contributed by atoms with van der Waals surface area (Å²) in [5.41, 5.74) is 2.02. The molecule has 0 saturated carbocycles. The number of hydrogen-bond acceptors (Lipinski definition) is 5. The second-order valence-electron chi connectivity index (χ2n) is 6.09. The number of ether oxygens (including phenoxy) is 1. The largest absolute Gasteiger partial charge is 0.495 e. The van der Waals surface area contributed by atoms with Crippen LogP contribution in [0.2, 0.25) is 5.02 Å². The summed E-state index contributed by atoms with van der Waals surface area (Å²) in [6.45, 7) is 1.43. The van der Waals surface area contributed by atoms with Gasteiger partial charge in [0.2, 0.25) is 15.9 Å². The van der Waals surface area contributed by atoms with E-state index in [1.165, 1.54) is 31.2 Å². The highest BCUT2D eigenvalue weighted by molar-refractivity contribution is 7.89. The molecule has 1 aliphatic rings. The van der Waals surface area contributed by atoms with Gasteiger partial charge in [-0.15, -0.1) is 0 Å². The van der Waals surface area contributed by atoms with E-state index in [9.17, 15) is 13.2 Å². The van der Waals surface area contributed by atoms with E-state index in [-0.39, 0.29) is 22.6 Å². The van der Waals surface area contributed by atoms with Crippen LogP contribution in [0.1, 0.15) is 30.5 Å². The van der Waals surface area contributed by atoms with Crippen molar-refractivity contribution in [1.29, 1.82) is 0 Å². The number of carbonyl (C=O) groups excluding carboxylic acids is 1.